The van der Waals surface area contributed by atoms with Gasteiger partial charge in [-0.05, 0) is 35.1 Å². The summed E-state index contributed by atoms with van der Waals surface area (Å²) in [5.41, 5.74) is 6.47. The second-order valence-corrected chi connectivity index (χ2v) is 5.23. The van der Waals surface area contributed by atoms with Crippen molar-refractivity contribution in [2.24, 2.45) is 11.8 Å². The molecule has 0 saturated carbocycles. The monoisotopic (exact) mass is 255 g/mol. The average molecular weight is 255 g/mol. The zero-order valence-electron chi connectivity index (χ0n) is 11.5. The van der Waals surface area contributed by atoms with Crippen LogP contribution in [0.25, 0.3) is 0 Å². The normalized spacial score (nSPS) is 12.6. The summed E-state index contributed by atoms with van der Waals surface area (Å²) in [6, 6.07) is 12.5. The summed E-state index contributed by atoms with van der Waals surface area (Å²) >= 11 is 0. The van der Waals surface area contributed by atoms with Gasteiger partial charge in [-0.3, -0.25) is 10.8 Å². The Balaban J connectivity index is 2.28. The first-order chi connectivity index (χ1) is 9.20. The van der Waals surface area contributed by atoms with Crippen molar-refractivity contribution >= 4 is 0 Å². The maximum Gasteiger partial charge on any atom is 0.0725 e. The number of nitrogens with two attached hydrogens (primary N) is 1. The van der Waals surface area contributed by atoms with Crippen molar-refractivity contribution < 1.29 is 0 Å². The van der Waals surface area contributed by atoms with Gasteiger partial charge in [0.05, 0.1) is 6.04 Å². The van der Waals surface area contributed by atoms with Crippen LogP contribution in [0.1, 0.15) is 36.6 Å². The predicted octanol–water partition coefficient (Wildman–Crippen LogP) is 2.83. The quantitative estimate of drug-likeness (QED) is 0.638. The third kappa shape index (κ3) is 3.63. The summed E-state index contributed by atoms with van der Waals surface area (Å²) in [5, 5.41) is 0. The molecule has 1 aromatic carbocycles. The molecule has 19 heavy (non-hydrogen) atoms. The molecule has 100 valence electrons. The van der Waals surface area contributed by atoms with Crippen molar-refractivity contribution in [1.29, 1.82) is 0 Å². The van der Waals surface area contributed by atoms with Gasteiger partial charge in [0, 0.05) is 12.4 Å². The van der Waals surface area contributed by atoms with Gasteiger partial charge < -0.3 is 0 Å². The van der Waals surface area contributed by atoms with Crippen LogP contribution in [0.5, 0.6) is 0 Å². The van der Waals surface area contributed by atoms with Gasteiger partial charge >= 0.3 is 0 Å². The van der Waals surface area contributed by atoms with Crippen LogP contribution in [-0.4, -0.2) is 4.98 Å². The first-order valence-corrected chi connectivity index (χ1v) is 6.65. The van der Waals surface area contributed by atoms with E-state index in [1.54, 1.807) is 6.20 Å². The third-order valence-corrected chi connectivity index (χ3v) is 3.11. The van der Waals surface area contributed by atoms with Crippen LogP contribution in [0.4, 0.5) is 0 Å². The number of pyridine rings is 1. The molecule has 0 bridgehead atoms. The van der Waals surface area contributed by atoms with Crippen LogP contribution in [0, 0.1) is 5.92 Å². The molecule has 0 aliphatic heterocycles. The average Bonchev–Trinajstić information content (AvgIpc) is 2.40. The number of hydrogen-bond donors (Lipinski definition) is 2. The molecule has 0 saturated heterocycles. The van der Waals surface area contributed by atoms with Crippen LogP contribution in [0.3, 0.4) is 0 Å². The molecule has 0 spiro atoms. The van der Waals surface area contributed by atoms with E-state index in [1.807, 2.05) is 18.3 Å². The van der Waals surface area contributed by atoms with Gasteiger partial charge in [-0.25, -0.2) is 5.43 Å². The second kappa shape index (κ2) is 6.45. The van der Waals surface area contributed by atoms with Crippen LogP contribution in [0.15, 0.2) is 48.8 Å². The summed E-state index contributed by atoms with van der Waals surface area (Å²) in [5.74, 6) is 6.36. The molecule has 3 heteroatoms. The van der Waals surface area contributed by atoms with Crippen LogP contribution in [-0.2, 0) is 6.42 Å². The van der Waals surface area contributed by atoms with E-state index in [-0.39, 0.29) is 6.04 Å². The molecular weight excluding hydrogens is 234 g/mol. The van der Waals surface area contributed by atoms with Gasteiger partial charge in [0.25, 0.3) is 0 Å². The molecule has 2 aromatic rings. The molecule has 1 aromatic heterocycles. The SMILES string of the molecule is CC(C)Cc1cccc(C(NN)c2cccnc2)c1. The molecule has 1 unspecified atom stereocenters. The Morgan fingerprint density at radius 2 is 1.95 bits per heavy atom. The summed E-state index contributed by atoms with van der Waals surface area (Å²) < 4.78 is 0. The van der Waals surface area contributed by atoms with Crippen molar-refractivity contribution in [3.63, 3.8) is 0 Å². The number of aromatic nitrogens is 1. The van der Waals surface area contributed by atoms with E-state index in [2.05, 4.69) is 48.5 Å². The molecule has 0 aliphatic rings. The van der Waals surface area contributed by atoms with Gasteiger partial charge in [0.15, 0.2) is 0 Å². The molecular formula is C16H21N3. The lowest BCUT2D eigenvalue weighted by atomic mass is 9.96. The van der Waals surface area contributed by atoms with E-state index >= 15 is 0 Å². The van der Waals surface area contributed by atoms with E-state index < -0.39 is 0 Å². The minimum atomic E-state index is -0.0131. The van der Waals surface area contributed by atoms with E-state index in [1.165, 1.54) is 11.1 Å². The lowest BCUT2D eigenvalue weighted by Gasteiger charge is -2.17. The highest BCUT2D eigenvalue weighted by Gasteiger charge is 2.12. The smallest absolute Gasteiger partial charge is 0.0725 e. The second-order valence-electron chi connectivity index (χ2n) is 5.23. The van der Waals surface area contributed by atoms with E-state index in [4.69, 9.17) is 5.84 Å². The van der Waals surface area contributed by atoms with Crippen molar-refractivity contribution in [3.8, 4) is 0 Å². The molecule has 1 atom stereocenters. The van der Waals surface area contributed by atoms with Gasteiger partial charge in [0.2, 0.25) is 0 Å². The van der Waals surface area contributed by atoms with Crippen molar-refractivity contribution in [2.45, 2.75) is 26.3 Å². The Morgan fingerprint density at radius 3 is 2.58 bits per heavy atom. The zero-order valence-corrected chi connectivity index (χ0v) is 11.5. The Kier molecular flexibility index (Phi) is 4.66. The number of hydrazine groups is 1. The predicted molar refractivity (Wildman–Crippen MR) is 78.4 cm³/mol. The molecule has 3 nitrogen and oxygen atoms in total. The zero-order chi connectivity index (χ0) is 13.7. The number of nitrogens with one attached hydrogen (secondary N) is 1. The van der Waals surface area contributed by atoms with Crippen molar-refractivity contribution in [3.05, 3.63) is 65.5 Å². The lowest BCUT2D eigenvalue weighted by molar-refractivity contribution is 0.626. The summed E-state index contributed by atoms with van der Waals surface area (Å²) in [6.45, 7) is 4.46. The Labute approximate surface area is 114 Å². The maximum atomic E-state index is 5.71. The van der Waals surface area contributed by atoms with Gasteiger partial charge in [-0.2, -0.15) is 0 Å². The van der Waals surface area contributed by atoms with Crippen LogP contribution >= 0.6 is 0 Å². The van der Waals surface area contributed by atoms with Gasteiger partial charge in [0.1, 0.15) is 0 Å². The highest BCUT2D eigenvalue weighted by Crippen LogP contribution is 2.22. The van der Waals surface area contributed by atoms with E-state index in [0.717, 1.165) is 12.0 Å². The molecule has 0 amide bonds. The first-order valence-electron chi connectivity index (χ1n) is 6.65. The number of rotatable bonds is 5. The Morgan fingerprint density at radius 1 is 1.16 bits per heavy atom. The largest absolute Gasteiger partial charge is 0.271 e. The molecule has 0 radical (unpaired) electrons. The molecule has 1 heterocycles. The fraction of sp³-hybridized carbons (Fsp3) is 0.312. The maximum absolute atomic E-state index is 5.71. The minimum absolute atomic E-state index is 0.0131. The highest BCUT2D eigenvalue weighted by atomic mass is 15.2. The Bertz CT molecular complexity index is 508. The summed E-state index contributed by atoms with van der Waals surface area (Å²) in [7, 11) is 0. The third-order valence-electron chi connectivity index (χ3n) is 3.11. The van der Waals surface area contributed by atoms with Crippen LogP contribution in [0.2, 0.25) is 0 Å². The standard InChI is InChI=1S/C16H21N3/c1-12(2)9-13-5-3-6-14(10-13)16(19-17)15-7-4-8-18-11-15/h3-8,10-12,16,19H,9,17H2,1-2H3. The lowest BCUT2D eigenvalue weighted by Crippen LogP contribution is -2.29. The topological polar surface area (TPSA) is 50.9 Å². The summed E-state index contributed by atoms with van der Waals surface area (Å²) in [4.78, 5) is 4.15. The van der Waals surface area contributed by atoms with E-state index in [0.29, 0.717) is 5.92 Å². The number of hydrogen-bond acceptors (Lipinski definition) is 3. The molecule has 0 aliphatic carbocycles. The molecule has 0 fully saturated rings. The number of nitrogens with zero attached hydrogens (tertiary/aromatic N) is 1. The fourth-order valence-corrected chi connectivity index (χ4v) is 2.30. The first kappa shape index (κ1) is 13.7. The van der Waals surface area contributed by atoms with E-state index in [9.17, 15) is 0 Å². The number of benzene rings is 1. The minimum Gasteiger partial charge on any atom is -0.271 e. The van der Waals surface area contributed by atoms with Gasteiger partial charge in [-0.15, -0.1) is 0 Å². The highest BCUT2D eigenvalue weighted by molar-refractivity contribution is 5.33. The fourth-order valence-electron chi connectivity index (χ4n) is 2.30. The summed E-state index contributed by atoms with van der Waals surface area (Å²) in [6.07, 6.45) is 4.70. The van der Waals surface area contributed by atoms with Gasteiger partial charge in [-0.1, -0.05) is 44.2 Å². The Hall–Kier alpha value is -1.71. The van der Waals surface area contributed by atoms with Crippen molar-refractivity contribution in [1.82, 2.24) is 10.4 Å². The molecule has 2 rings (SSSR count). The van der Waals surface area contributed by atoms with Crippen molar-refractivity contribution in [2.75, 3.05) is 0 Å². The molecule has 3 N–H and O–H groups in total. The van der Waals surface area contributed by atoms with Crippen LogP contribution < -0.4 is 11.3 Å².